The van der Waals surface area contributed by atoms with Gasteiger partial charge >= 0.3 is 0 Å². The van der Waals surface area contributed by atoms with Gasteiger partial charge in [-0.25, -0.2) is 4.39 Å². The van der Waals surface area contributed by atoms with Gasteiger partial charge in [-0.3, -0.25) is 0 Å². The van der Waals surface area contributed by atoms with Crippen LogP contribution >= 0.6 is 0 Å². The zero-order valence-corrected chi connectivity index (χ0v) is 12.0. The maximum Gasteiger partial charge on any atom is 0.165 e. The van der Waals surface area contributed by atoms with Crippen molar-refractivity contribution in [1.29, 1.82) is 0 Å². The topological polar surface area (TPSA) is 21.3 Å². The molecule has 0 saturated heterocycles. The van der Waals surface area contributed by atoms with E-state index in [-0.39, 0.29) is 5.82 Å². The molecule has 0 unspecified atom stereocenters. The molecule has 20 heavy (non-hydrogen) atoms. The summed E-state index contributed by atoms with van der Waals surface area (Å²) in [6.07, 6.45) is 8.87. The third kappa shape index (κ3) is 3.72. The first-order chi connectivity index (χ1) is 9.83. The molecular formula is C17H24FNO. The Morgan fingerprint density at radius 2 is 1.90 bits per heavy atom. The van der Waals surface area contributed by atoms with Crippen molar-refractivity contribution in [3.8, 4) is 5.75 Å². The molecule has 3 rings (SSSR count). The molecule has 0 aromatic heterocycles. The fourth-order valence-electron chi connectivity index (χ4n) is 2.95. The monoisotopic (exact) mass is 277 g/mol. The summed E-state index contributed by atoms with van der Waals surface area (Å²) >= 11 is 0. The van der Waals surface area contributed by atoms with Crippen molar-refractivity contribution in [2.24, 2.45) is 5.92 Å². The number of para-hydroxylation sites is 1. The minimum absolute atomic E-state index is 0.226. The van der Waals surface area contributed by atoms with Crippen LogP contribution < -0.4 is 10.1 Å². The molecule has 0 atom stereocenters. The highest BCUT2D eigenvalue weighted by Crippen LogP contribution is 2.28. The molecular weight excluding hydrogens is 253 g/mol. The lowest BCUT2D eigenvalue weighted by Crippen LogP contribution is -2.19. The van der Waals surface area contributed by atoms with Crippen LogP contribution in [0.1, 0.15) is 50.5 Å². The van der Waals surface area contributed by atoms with Gasteiger partial charge < -0.3 is 10.1 Å². The summed E-state index contributed by atoms with van der Waals surface area (Å²) < 4.78 is 19.8. The maximum absolute atomic E-state index is 14.0. The van der Waals surface area contributed by atoms with E-state index in [1.165, 1.54) is 51.0 Å². The van der Waals surface area contributed by atoms with E-state index in [1.54, 1.807) is 6.07 Å². The van der Waals surface area contributed by atoms with Crippen molar-refractivity contribution in [3.05, 3.63) is 29.6 Å². The summed E-state index contributed by atoms with van der Waals surface area (Å²) in [5, 5.41) is 3.43. The lowest BCUT2D eigenvalue weighted by atomic mass is 9.90. The van der Waals surface area contributed by atoms with E-state index in [0.29, 0.717) is 30.9 Å². The third-order valence-corrected chi connectivity index (χ3v) is 4.40. The van der Waals surface area contributed by atoms with E-state index in [0.717, 1.165) is 5.56 Å². The van der Waals surface area contributed by atoms with Gasteiger partial charge in [-0.05, 0) is 37.7 Å². The second-order valence-corrected chi connectivity index (χ2v) is 6.20. The second-order valence-electron chi connectivity index (χ2n) is 6.20. The summed E-state index contributed by atoms with van der Waals surface area (Å²) in [6.45, 7) is 1.37. The van der Waals surface area contributed by atoms with Crippen molar-refractivity contribution in [2.75, 3.05) is 6.61 Å². The number of hydrogen-bond donors (Lipinski definition) is 1. The minimum Gasteiger partial charge on any atom is -0.490 e. The van der Waals surface area contributed by atoms with E-state index < -0.39 is 0 Å². The first-order valence-corrected chi connectivity index (χ1v) is 7.96. The van der Waals surface area contributed by atoms with Crippen molar-refractivity contribution in [2.45, 2.75) is 57.5 Å². The lowest BCUT2D eigenvalue weighted by Gasteiger charge is -2.22. The van der Waals surface area contributed by atoms with Crippen LogP contribution in [-0.2, 0) is 6.54 Å². The summed E-state index contributed by atoms with van der Waals surface area (Å²) in [6, 6.07) is 5.86. The maximum atomic E-state index is 14.0. The molecule has 0 heterocycles. The molecule has 2 saturated carbocycles. The molecule has 2 nitrogen and oxygen atoms in total. The van der Waals surface area contributed by atoms with E-state index in [9.17, 15) is 4.39 Å². The molecule has 0 bridgehead atoms. The Hall–Kier alpha value is -1.09. The first kappa shape index (κ1) is 13.9. The molecule has 2 aliphatic rings. The summed E-state index contributed by atoms with van der Waals surface area (Å²) in [5.41, 5.74) is 0.952. The Bertz CT molecular complexity index is 439. The largest absolute Gasteiger partial charge is 0.490 e. The molecule has 1 aromatic rings. The molecule has 2 fully saturated rings. The first-order valence-electron chi connectivity index (χ1n) is 7.96. The van der Waals surface area contributed by atoms with Crippen molar-refractivity contribution in [3.63, 3.8) is 0 Å². The molecule has 3 heteroatoms. The highest BCUT2D eigenvalue weighted by Gasteiger charge is 2.21. The van der Waals surface area contributed by atoms with Gasteiger partial charge in [0.05, 0.1) is 6.61 Å². The van der Waals surface area contributed by atoms with Crippen LogP contribution in [-0.4, -0.2) is 12.6 Å². The van der Waals surface area contributed by atoms with Gasteiger partial charge in [0, 0.05) is 18.2 Å². The zero-order chi connectivity index (χ0) is 13.8. The second kappa shape index (κ2) is 6.57. The quantitative estimate of drug-likeness (QED) is 0.847. The van der Waals surface area contributed by atoms with Crippen LogP contribution in [0.25, 0.3) is 0 Å². The number of benzene rings is 1. The molecule has 0 aliphatic heterocycles. The number of rotatable bonds is 6. The minimum atomic E-state index is -0.226. The molecule has 0 spiro atoms. The number of halogens is 1. The number of hydrogen-bond acceptors (Lipinski definition) is 2. The fourth-order valence-corrected chi connectivity index (χ4v) is 2.95. The normalized spacial score (nSPS) is 20.1. The molecule has 2 aliphatic carbocycles. The predicted octanol–water partition coefficient (Wildman–Crippen LogP) is 4.04. The average Bonchev–Trinajstić information content (AvgIpc) is 3.29. The molecule has 1 N–H and O–H groups in total. The van der Waals surface area contributed by atoms with Gasteiger partial charge in [0.25, 0.3) is 0 Å². The van der Waals surface area contributed by atoms with Gasteiger partial charge in [0.2, 0.25) is 0 Å². The van der Waals surface area contributed by atoms with E-state index in [2.05, 4.69) is 5.32 Å². The van der Waals surface area contributed by atoms with Gasteiger partial charge in [0.15, 0.2) is 11.6 Å². The standard InChI is InChI=1S/C17H24FNO/c18-16-8-4-7-14(11-19-15-9-10-15)17(16)20-12-13-5-2-1-3-6-13/h4,7-8,13,15,19H,1-3,5-6,9-12H2. The Morgan fingerprint density at radius 1 is 1.10 bits per heavy atom. The Kier molecular flexibility index (Phi) is 4.56. The summed E-state index contributed by atoms with van der Waals surface area (Å²) in [5.74, 6) is 0.842. The van der Waals surface area contributed by atoms with E-state index >= 15 is 0 Å². The number of nitrogens with one attached hydrogen (secondary N) is 1. The van der Waals surface area contributed by atoms with Crippen LogP contribution in [0.15, 0.2) is 18.2 Å². The smallest absolute Gasteiger partial charge is 0.165 e. The van der Waals surface area contributed by atoms with Crippen molar-refractivity contribution in [1.82, 2.24) is 5.32 Å². The van der Waals surface area contributed by atoms with Crippen molar-refractivity contribution >= 4 is 0 Å². The molecule has 110 valence electrons. The van der Waals surface area contributed by atoms with Crippen LogP contribution in [0.4, 0.5) is 4.39 Å². The summed E-state index contributed by atoms with van der Waals surface area (Å²) in [4.78, 5) is 0. The van der Waals surface area contributed by atoms with Crippen molar-refractivity contribution < 1.29 is 9.13 Å². The lowest BCUT2D eigenvalue weighted by molar-refractivity contribution is 0.200. The molecule has 0 radical (unpaired) electrons. The van der Waals surface area contributed by atoms with Crippen LogP contribution in [0.5, 0.6) is 5.75 Å². The Balaban J connectivity index is 1.60. The Morgan fingerprint density at radius 3 is 2.65 bits per heavy atom. The van der Waals surface area contributed by atoms with Gasteiger partial charge in [0.1, 0.15) is 0 Å². The highest BCUT2D eigenvalue weighted by molar-refractivity contribution is 5.35. The number of ether oxygens (including phenoxy) is 1. The highest BCUT2D eigenvalue weighted by atomic mass is 19.1. The molecule has 1 aromatic carbocycles. The zero-order valence-electron chi connectivity index (χ0n) is 12.0. The average molecular weight is 277 g/mol. The van der Waals surface area contributed by atoms with Crippen LogP contribution in [0, 0.1) is 11.7 Å². The van der Waals surface area contributed by atoms with Crippen LogP contribution in [0.2, 0.25) is 0 Å². The molecule has 0 amide bonds. The van der Waals surface area contributed by atoms with E-state index in [4.69, 9.17) is 4.74 Å². The van der Waals surface area contributed by atoms with Gasteiger partial charge in [-0.2, -0.15) is 0 Å². The fraction of sp³-hybridized carbons (Fsp3) is 0.647. The van der Waals surface area contributed by atoms with Crippen LogP contribution in [0.3, 0.4) is 0 Å². The predicted molar refractivity (Wildman–Crippen MR) is 78.3 cm³/mol. The third-order valence-electron chi connectivity index (χ3n) is 4.40. The van der Waals surface area contributed by atoms with Gasteiger partial charge in [-0.1, -0.05) is 31.4 Å². The SMILES string of the molecule is Fc1cccc(CNC2CC2)c1OCC1CCCCC1. The Labute approximate surface area is 120 Å². The summed E-state index contributed by atoms with van der Waals surface area (Å²) in [7, 11) is 0. The van der Waals surface area contributed by atoms with Gasteiger partial charge in [-0.15, -0.1) is 0 Å². The van der Waals surface area contributed by atoms with E-state index in [1.807, 2.05) is 6.07 Å².